The second-order valence-corrected chi connectivity index (χ2v) is 8.59. The fourth-order valence-electron chi connectivity index (χ4n) is 3.37. The van der Waals surface area contributed by atoms with Crippen molar-refractivity contribution in [1.82, 2.24) is 9.80 Å². The molecule has 4 amide bonds. The van der Waals surface area contributed by atoms with Gasteiger partial charge in [0.25, 0.3) is 17.7 Å². The Kier molecular flexibility index (Phi) is 7.95. The highest BCUT2D eigenvalue weighted by molar-refractivity contribution is 6.22. The molecule has 1 heterocycles. The van der Waals surface area contributed by atoms with Gasteiger partial charge in [-0.2, -0.15) is 0 Å². The Hall–Kier alpha value is -4.08. The van der Waals surface area contributed by atoms with Crippen LogP contribution in [0, 0.1) is 11.7 Å². The van der Waals surface area contributed by atoms with E-state index in [1.54, 1.807) is 0 Å². The number of rotatable bonds is 9. The van der Waals surface area contributed by atoms with Crippen LogP contribution in [0.1, 0.15) is 51.3 Å². The van der Waals surface area contributed by atoms with Crippen molar-refractivity contribution in [3.05, 3.63) is 65.0 Å². The van der Waals surface area contributed by atoms with Crippen molar-refractivity contribution in [3.63, 3.8) is 0 Å². The van der Waals surface area contributed by atoms with Crippen LogP contribution in [-0.4, -0.2) is 66.1 Å². The molecule has 9 nitrogen and oxygen atoms in total. The molecule has 0 bridgehead atoms. The highest BCUT2D eigenvalue weighted by Crippen LogP contribution is 2.25. The first kappa shape index (κ1) is 25.5. The van der Waals surface area contributed by atoms with Crippen molar-refractivity contribution in [2.24, 2.45) is 5.92 Å². The van der Waals surface area contributed by atoms with E-state index in [4.69, 9.17) is 4.74 Å². The minimum Gasteiger partial charge on any atom is -0.452 e. The lowest BCUT2D eigenvalue weighted by atomic mass is 10.1. The number of likely N-dealkylation sites (N-methyl/N-ethyl adjacent to an activating group) is 1. The van der Waals surface area contributed by atoms with Crippen molar-refractivity contribution in [3.8, 4) is 0 Å². The molecule has 2 aromatic rings. The number of fused-ring (bicyclic) bond motifs is 1. The van der Waals surface area contributed by atoms with Crippen LogP contribution in [0.2, 0.25) is 0 Å². The van der Waals surface area contributed by atoms with E-state index in [9.17, 15) is 28.4 Å². The van der Waals surface area contributed by atoms with Crippen molar-refractivity contribution < 1.29 is 33.1 Å². The van der Waals surface area contributed by atoms with Crippen LogP contribution in [0.4, 0.5) is 10.1 Å². The molecule has 2 aromatic carbocycles. The number of amides is 4. The van der Waals surface area contributed by atoms with Crippen LogP contribution in [0.5, 0.6) is 0 Å². The van der Waals surface area contributed by atoms with Crippen LogP contribution in [0.25, 0.3) is 0 Å². The Balaban J connectivity index is 1.53. The molecule has 1 aliphatic rings. The number of hydrogen-bond acceptors (Lipinski definition) is 6. The third kappa shape index (κ3) is 6.28. The standard InChI is InChI=1S/C25H26FN3O6/c1-15(2)10-11-29-23(32)19-9-4-16(12-20(19)24(29)33)25(34)35-14-22(31)28(3)13-21(30)27-18-7-5-17(26)6-8-18/h4-9,12,15H,10-11,13-14H2,1-3H3,(H,27,30). The molecule has 0 saturated heterocycles. The minimum absolute atomic E-state index is 0.0279. The Morgan fingerprint density at radius 1 is 1.03 bits per heavy atom. The number of carbonyl (C=O) groups is 5. The third-order valence-corrected chi connectivity index (χ3v) is 5.40. The summed E-state index contributed by atoms with van der Waals surface area (Å²) in [6.07, 6.45) is 0.665. The maximum atomic E-state index is 12.9. The monoisotopic (exact) mass is 483 g/mol. The quantitative estimate of drug-likeness (QED) is 0.434. The summed E-state index contributed by atoms with van der Waals surface area (Å²) < 4.78 is 18.0. The summed E-state index contributed by atoms with van der Waals surface area (Å²) in [5, 5.41) is 2.53. The predicted octanol–water partition coefficient (Wildman–Crippen LogP) is 2.72. The molecule has 1 N–H and O–H groups in total. The minimum atomic E-state index is -0.841. The molecule has 0 spiro atoms. The molecule has 0 saturated carbocycles. The van der Waals surface area contributed by atoms with Crippen LogP contribution < -0.4 is 5.32 Å². The SMILES string of the molecule is CC(C)CCN1C(=O)c2ccc(C(=O)OCC(=O)N(C)CC(=O)Nc3ccc(F)cc3)cc2C1=O. The molecule has 10 heteroatoms. The molecule has 0 aliphatic carbocycles. The van der Waals surface area contributed by atoms with Crippen LogP contribution in [0.3, 0.4) is 0 Å². The van der Waals surface area contributed by atoms with Crippen LogP contribution in [-0.2, 0) is 14.3 Å². The van der Waals surface area contributed by atoms with Crippen LogP contribution >= 0.6 is 0 Å². The van der Waals surface area contributed by atoms with E-state index in [0.717, 1.165) is 9.80 Å². The molecule has 0 radical (unpaired) electrons. The first-order valence-corrected chi connectivity index (χ1v) is 11.0. The summed E-state index contributed by atoms with van der Waals surface area (Å²) in [5.41, 5.74) is 0.739. The van der Waals surface area contributed by atoms with E-state index in [1.165, 1.54) is 49.5 Å². The number of benzene rings is 2. The molecule has 0 atom stereocenters. The average molecular weight is 483 g/mol. The molecular formula is C25H26FN3O6. The zero-order valence-corrected chi connectivity index (χ0v) is 19.7. The maximum Gasteiger partial charge on any atom is 0.338 e. The molecule has 184 valence electrons. The normalized spacial score (nSPS) is 12.5. The lowest BCUT2D eigenvalue weighted by Gasteiger charge is -2.17. The first-order chi connectivity index (χ1) is 16.6. The van der Waals surface area contributed by atoms with Gasteiger partial charge in [-0.3, -0.25) is 24.1 Å². The number of anilines is 1. The summed E-state index contributed by atoms with van der Waals surface area (Å²) in [5.74, 6) is -2.98. The first-order valence-electron chi connectivity index (χ1n) is 11.0. The zero-order valence-electron chi connectivity index (χ0n) is 19.7. The number of ether oxygens (including phenoxy) is 1. The lowest BCUT2D eigenvalue weighted by Crippen LogP contribution is -2.37. The van der Waals surface area contributed by atoms with Crippen molar-refractivity contribution in [2.75, 3.05) is 32.1 Å². The lowest BCUT2D eigenvalue weighted by molar-refractivity contribution is -0.136. The maximum absolute atomic E-state index is 12.9. The molecule has 0 fully saturated rings. The molecule has 3 rings (SSSR count). The molecular weight excluding hydrogens is 457 g/mol. The Labute approximate surface area is 201 Å². The largest absolute Gasteiger partial charge is 0.452 e. The van der Waals surface area contributed by atoms with E-state index < -0.39 is 42.0 Å². The number of esters is 1. The zero-order chi connectivity index (χ0) is 25.7. The predicted molar refractivity (Wildman–Crippen MR) is 124 cm³/mol. The summed E-state index contributed by atoms with van der Waals surface area (Å²) in [6.45, 7) is 3.34. The Morgan fingerprint density at radius 2 is 1.69 bits per heavy atom. The number of nitrogens with zero attached hydrogens (tertiary/aromatic N) is 2. The second-order valence-electron chi connectivity index (χ2n) is 8.59. The van der Waals surface area contributed by atoms with Gasteiger partial charge in [0.2, 0.25) is 5.91 Å². The number of hydrogen-bond donors (Lipinski definition) is 1. The summed E-state index contributed by atoms with van der Waals surface area (Å²) in [7, 11) is 1.37. The van der Waals surface area contributed by atoms with Gasteiger partial charge in [-0.1, -0.05) is 13.8 Å². The molecule has 0 aromatic heterocycles. The van der Waals surface area contributed by atoms with Crippen molar-refractivity contribution in [1.29, 1.82) is 0 Å². The smallest absolute Gasteiger partial charge is 0.338 e. The molecule has 0 unspecified atom stereocenters. The van der Waals surface area contributed by atoms with Gasteiger partial charge in [-0.05, 0) is 54.8 Å². The highest BCUT2D eigenvalue weighted by Gasteiger charge is 2.35. The van der Waals surface area contributed by atoms with Gasteiger partial charge in [0.15, 0.2) is 6.61 Å². The van der Waals surface area contributed by atoms with Crippen molar-refractivity contribution >= 4 is 35.3 Å². The average Bonchev–Trinajstić information content (AvgIpc) is 3.06. The number of imide groups is 1. The summed E-state index contributed by atoms with van der Waals surface area (Å²) in [6, 6.07) is 9.20. The topological polar surface area (TPSA) is 113 Å². The van der Waals surface area contributed by atoms with Gasteiger partial charge < -0.3 is 15.0 Å². The highest BCUT2D eigenvalue weighted by atomic mass is 19.1. The van der Waals surface area contributed by atoms with E-state index in [1.807, 2.05) is 13.8 Å². The molecule has 35 heavy (non-hydrogen) atoms. The van der Waals surface area contributed by atoms with Gasteiger partial charge in [0.1, 0.15) is 5.82 Å². The Morgan fingerprint density at radius 3 is 2.34 bits per heavy atom. The summed E-state index contributed by atoms with van der Waals surface area (Å²) >= 11 is 0. The fraction of sp³-hybridized carbons (Fsp3) is 0.320. The number of nitrogens with one attached hydrogen (secondary N) is 1. The van der Waals surface area contributed by atoms with Crippen molar-refractivity contribution in [2.45, 2.75) is 20.3 Å². The van der Waals surface area contributed by atoms with E-state index in [2.05, 4.69) is 5.32 Å². The Bertz CT molecular complexity index is 1160. The van der Waals surface area contributed by atoms with E-state index >= 15 is 0 Å². The van der Waals surface area contributed by atoms with Gasteiger partial charge in [-0.15, -0.1) is 0 Å². The number of carbonyl (C=O) groups excluding carboxylic acids is 5. The van der Waals surface area contributed by atoms with Gasteiger partial charge in [-0.25, -0.2) is 9.18 Å². The van der Waals surface area contributed by atoms with Gasteiger partial charge >= 0.3 is 5.97 Å². The second kappa shape index (κ2) is 10.9. The van der Waals surface area contributed by atoms with Gasteiger partial charge in [0.05, 0.1) is 23.2 Å². The fourth-order valence-corrected chi connectivity index (χ4v) is 3.37. The summed E-state index contributed by atoms with van der Waals surface area (Å²) in [4.78, 5) is 64.2. The third-order valence-electron chi connectivity index (χ3n) is 5.40. The van der Waals surface area contributed by atoms with Crippen LogP contribution in [0.15, 0.2) is 42.5 Å². The number of halogens is 1. The van der Waals surface area contributed by atoms with E-state index in [-0.39, 0.29) is 23.2 Å². The molecule has 1 aliphatic heterocycles. The van der Waals surface area contributed by atoms with E-state index in [0.29, 0.717) is 24.6 Å². The van der Waals surface area contributed by atoms with Gasteiger partial charge in [0, 0.05) is 19.3 Å².